The molecule has 2 heterocycles. The van der Waals surface area contributed by atoms with Gasteiger partial charge in [0, 0.05) is 29.2 Å². The van der Waals surface area contributed by atoms with Crippen LogP contribution in [-0.2, 0) is 0 Å². The first-order valence-corrected chi connectivity index (χ1v) is 6.90. The molecule has 23 heavy (non-hydrogen) atoms. The molecule has 1 aromatic carbocycles. The number of aliphatic hydroxyl groups excluding tert-OH is 1. The van der Waals surface area contributed by atoms with Crippen LogP contribution >= 0.6 is 0 Å². The number of hydrogen-bond donors (Lipinski definition) is 1. The molecule has 0 spiro atoms. The average Bonchev–Trinajstić information content (AvgIpc) is 2.52. The first kappa shape index (κ1) is 15.1. The van der Waals surface area contributed by atoms with Crippen molar-refractivity contribution in [3.63, 3.8) is 0 Å². The number of aliphatic hydroxyl groups is 1. The maximum Gasteiger partial charge on any atom is 0.196 e. The zero-order chi connectivity index (χ0) is 16.6. The summed E-state index contributed by atoms with van der Waals surface area (Å²) in [6, 6.07) is 6.34. The summed E-state index contributed by atoms with van der Waals surface area (Å²) in [6.07, 6.45) is 2.28. The van der Waals surface area contributed by atoms with E-state index in [9.17, 15) is 18.3 Å². The number of nitrogens with zero attached hydrogens (tertiary/aromatic N) is 2. The first-order chi connectivity index (χ1) is 11.0. The van der Waals surface area contributed by atoms with Gasteiger partial charge in [-0.2, -0.15) is 0 Å². The minimum atomic E-state index is -1.63. The molecule has 1 aromatic heterocycles. The molecule has 1 N–H and O–H groups in total. The Bertz CT molecular complexity index is 817. The summed E-state index contributed by atoms with van der Waals surface area (Å²) in [7, 11) is 0. The lowest BCUT2D eigenvalue weighted by atomic mass is 10.1. The zero-order valence-corrected chi connectivity index (χ0v) is 12.2. The van der Waals surface area contributed by atoms with E-state index in [0.29, 0.717) is 11.3 Å². The molecule has 3 rings (SSSR count). The molecule has 0 fully saturated rings. The molecular weight excluding hydrogens is 305 g/mol. The summed E-state index contributed by atoms with van der Waals surface area (Å²) in [6.45, 7) is 1.76. The van der Waals surface area contributed by atoms with Crippen LogP contribution in [0.15, 0.2) is 54.4 Å². The van der Waals surface area contributed by atoms with Gasteiger partial charge in [0.2, 0.25) is 0 Å². The molecule has 0 radical (unpaired) electrons. The highest BCUT2D eigenvalue weighted by atomic mass is 19.2. The quantitative estimate of drug-likeness (QED) is 0.840. The van der Waals surface area contributed by atoms with Crippen LogP contribution in [0.3, 0.4) is 0 Å². The lowest BCUT2D eigenvalue weighted by Crippen LogP contribution is -2.32. The van der Waals surface area contributed by atoms with Crippen molar-refractivity contribution in [2.75, 3.05) is 4.90 Å². The van der Waals surface area contributed by atoms with Gasteiger partial charge in [0.05, 0.1) is 5.70 Å². The van der Waals surface area contributed by atoms with Gasteiger partial charge in [0.25, 0.3) is 0 Å². The standard InChI is InChI=1S/C17H13F3N2O/c1-10-8-11(6-7-21-10)17-15(23)4-5-16(20)22(17)12-2-3-13(18)14(19)9-12/h2-9,16,23H,1H3. The molecule has 0 bridgehead atoms. The van der Waals surface area contributed by atoms with Crippen molar-refractivity contribution in [3.8, 4) is 0 Å². The van der Waals surface area contributed by atoms with E-state index in [4.69, 9.17) is 0 Å². The molecule has 6 heteroatoms. The van der Waals surface area contributed by atoms with E-state index in [-0.39, 0.29) is 17.1 Å². The van der Waals surface area contributed by atoms with Gasteiger partial charge in [-0.25, -0.2) is 13.2 Å². The predicted molar refractivity (Wildman–Crippen MR) is 81.4 cm³/mol. The number of hydrogen-bond acceptors (Lipinski definition) is 3. The fourth-order valence-corrected chi connectivity index (χ4v) is 2.47. The number of aryl methyl sites for hydroxylation is 1. The molecular formula is C17H13F3N2O. The highest BCUT2D eigenvalue weighted by molar-refractivity contribution is 5.83. The smallest absolute Gasteiger partial charge is 0.196 e. The molecule has 1 unspecified atom stereocenters. The Hall–Kier alpha value is -2.76. The minimum absolute atomic E-state index is 0.0942. The van der Waals surface area contributed by atoms with E-state index in [2.05, 4.69) is 4.98 Å². The van der Waals surface area contributed by atoms with Crippen molar-refractivity contribution in [1.82, 2.24) is 4.98 Å². The third-order valence-electron chi connectivity index (χ3n) is 3.49. The van der Waals surface area contributed by atoms with Gasteiger partial charge in [0.1, 0.15) is 5.76 Å². The second-order valence-corrected chi connectivity index (χ2v) is 5.12. The summed E-state index contributed by atoms with van der Waals surface area (Å²) in [5.41, 5.74) is 1.46. The second-order valence-electron chi connectivity index (χ2n) is 5.12. The zero-order valence-electron chi connectivity index (χ0n) is 12.2. The summed E-state index contributed by atoms with van der Waals surface area (Å²) < 4.78 is 41.1. The van der Waals surface area contributed by atoms with Gasteiger partial charge >= 0.3 is 0 Å². The number of aromatic nitrogens is 1. The topological polar surface area (TPSA) is 36.4 Å². The van der Waals surface area contributed by atoms with Gasteiger partial charge in [-0.05, 0) is 43.3 Å². The number of anilines is 1. The van der Waals surface area contributed by atoms with Crippen molar-refractivity contribution in [3.05, 3.63) is 77.3 Å². The monoisotopic (exact) mass is 318 g/mol. The van der Waals surface area contributed by atoms with E-state index in [1.54, 1.807) is 19.1 Å². The third kappa shape index (κ3) is 2.79. The van der Waals surface area contributed by atoms with Gasteiger partial charge in [-0.3, -0.25) is 4.98 Å². The van der Waals surface area contributed by atoms with E-state index >= 15 is 0 Å². The summed E-state index contributed by atoms with van der Waals surface area (Å²) in [5.74, 6) is -2.28. The van der Waals surface area contributed by atoms with Crippen LogP contribution in [0.25, 0.3) is 5.70 Å². The number of halogens is 3. The van der Waals surface area contributed by atoms with E-state index in [1.165, 1.54) is 18.3 Å². The Morgan fingerprint density at radius 2 is 1.91 bits per heavy atom. The van der Waals surface area contributed by atoms with Crippen molar-refractivity contribution in [1.29, 1.82) is 0 Å². The number of allylic oxidation sites excluding steroid dienone is 1. The maximum absolute atomic E-state index is 14.4. The largest absolute Gasteiger partial charge is 0.506 e. The van der Waals surface area contributed by atoms with Crippen LogP contribution in [-0.4, -0.2) is 16.4 Å². The molecule has 0 amide bonds. The minimum Gasteiger partial charge on any atom is -0.506 e. The van der Waals surface area contributed by atoms with E-state index in [1.807, 2.05) is 0 Å². The Morgan fingerprint density at radius 3 is 2.61 bits per heavy atom. The second kappa shape index (κ2) is 5.79. The molecule has 0 saturated heterocycles. The molecule has 3 nitrogen and oxygen atoms in total. The highest BCUT2D eigenvalue weighted by Gasteiger charge is 2.28. The van der Waals surface area contributed by atoms with E-state index in [0.717, 1.165) is 23.1 Å². The van der Waals surface area contributed by atoms with Crippen molar-refractivity contribution < 1.29 is 18.3 Å². The fraction of sp³-hybridized carbons (Fsp3) is 0.118. The maximum atomic E-state index is 14.4. The van der Waals surface area contributed by atoms with Crippen LogP contribution in [0.5, 0.6) is 0 Å². The lowest BCUT2D eigenvalue weighted by molar-refractivity contribution is 0.382. The molecule has 1 atom stereocenters. The van der Waals surface area contributed by atoms with Gasteiger partial charge in [0.15, 0.2) is 17.9 Å². The molecule has 2 aromatic rings. The summed E-state index contributed by atoms with van der Waals surface area (Å²) in [5, 5.41) is 10.2. The lowest BCUT2D eigenvalue weighted by Gasteiger charge is -2.32. The van der Waals surface area contributed by atoms with Crippen molar-refractivity contribution in [2.24, 2.45) is 0 Å². The van der Waals surface area contributed by atoms with Gasteiger partial charge in [-0.15, -0.1) is 0 Å². The number of pyridine rings is 1. The number of rotatable bonds is 2. The molecule has 1 aliphatic rings. The molecule has 118 valence electrons. The van der Waals surface area contributed by atoms with Crippen LogP contribution in [0.2, 0.25) is 0 Å². The average molecular weight is 318 g/mol. The Morgan fingerprint density at radius 1 is 1.13 bits per heavy atom. The predicted octanol–water partition coefficient (Wildman–Crippen LogP) is 4.27. The first-order valence-electron chi connectivity index (χ1n) is 6.90. The van der Waals surface area contributed by atoms with Gasteiger partial charge in [-0.1, -0.05) is 0 Å². The normalized spacial score (nSPS) is 17.7. The van der Waals surface area contributed by atoms with Crippen LogP contribution in [0.1, 0.15) is 11.3 Å². The van der Waals surface area contributed by atoms with Crippen LogP contribution < -0.4 is 4.90 Å². The van der Waals surface area contributed by atoms with Crippen LogP contribution in [0, 0.1) is 18.6 Å². The van der Waals surface area contributed by atoms with Gasteiger partial charge < -0.3 is 10.0 Å². The Balaban J connectivity index is 2.16. The number of alkyl halides is 1. The molecule has 0 aliphatic carbocycles. The fourth-order valence-electron chi connectivity index (χ4n) is 2.47. The summed E-state index contributed by atoms with van der Waals surface area (Å²) >= 11 is 0. The number of benzene rings is 1. The van der Waals surface area contributed by atoms with Crippen molar-refractivity contribution in [2.45, 2.75) is 13.2 Å². The molecule has 1 aliphatic heterocycles. The van der Waals surface area contributed by atoms with Crippen LogP contribution in [0.4, 0.5) is 18.9 Å². The highest BCUT2D eigenvalue weighted by Crippen LogP contribution is 2.35. The van der Waals surface area contributed by atoms with E-state index < -0.39 is 17.9 Å². The Labute approximate surface area is 131 Å². The van der Waals surface area contributed by atoms with Crippen molar-refractivity contribution >= 4 is 11.4 Å². The molecule has 0 saturated carbocycles. The Kier molecular flexibility index (Phi) is 3.82. The third-order valence-corrected chi connectivity index (χ3v) is 3.49. The summed E-state index contributed by atoms with van der Waals surface area (Å²) in [4.78, 5) is 5.16. The SMILES string of the molecule is Cc1cc(C2=C(O)C=CC(F)N2c2ccc(F)c(F)c2)ccn1.